The smallest absolute Gasteiger partial charge is 0.129 e. The number of nitrogens with two attached hydrogens (primary N) is 1. The molecule has 0 aromatic carbocycles. The van der Waals surface area contributed by atoms with Crippen LogP contribution in [0.15, 0.2) is 12.3 Å². The molecule has 0 radical (unpaired) electrons. The number of aromatic nitrogens is 1. The van der Waals surface area contributed by atoms with E-state index in [4.69, 9.17) is 17.3 Å². The van der Waals surface area contributed by atoms with Crippen LogP contribution >= 0.6 is 11.6 Å². The molecule has 106 valence electrons. The maximum absolute atomic E-state index is 11.1. The van der Waals surface area contributed by atoms with Gasteiger partial charge in [0.05, 0.1) is 10.6 Å². The fourth-order valence-electron chi connectivity index (χ4n) is 4.08. The zero-order chi connectivity index (χ0) is 14.5. The van der Waals surface area contributed by atoms with Crippen molar-refractivity contribution >= 4 is 17.4 Å². The van der Waals surface area contributed by atoms with Crippen LogP contribution in [0.3, 0.4) is 0 Å². The highest BCUT2D eigenvalue weighted by atomic mass is 35.5. The minimum absolute atomic E-state index is 0.0608. The molecule has 0 saturated heterocycles. The van der Waals surface area contributed by atoms with Gasteiger partial charge in [0.2, 0.25) is 0 Å². The Labute approximate surface area is 120 Å². The maximum Gasteiger partial charge on any atom is 0.129 e. The lowest BCUT2D eigenvalue weighted by Gasteiger charge is -2.49. The van der Waals surface area contributed by atoms with Gasteiger partial charge in [0.15, 0.2) is 0 Å². The second kappa shape index (κ2) is 4.35. The summed E-state index contributed by atoms with van der Waals surface area (Å²) in [5.74, 6) is 0.375. The molecule has 0 spiro atoms. The highest BCUT2D eigenvalue weighted by Gasteiger charge is 2.48. The summed E-state index contributed by atoms with van der Waals surface area (Å²) >= 11 is 6.01. The Morgan fingerprint density at radius 3 is 2.21 bits per heavy atom. The largest absolute Gasteiger partial charge is 0.385 e. The van der Waals surface area contributed by atoms with Crippen LogP contribution in [-0.4, -0.2) is 10.1 Å². The van der Waals surface area contributed by atoms with E-state index in [2.05, 4.69) is 32.7 Å². The molecule has 1 aliphatic rings. The number of aliphatic hydroxyl groups is 1. The van der Waals surface area contributed by atoms with Gasteiger partial charge < -0.3 is 10.8 Å². The topological polar surface area (TPSA) is 59.1 Å². The van der Waals surface area contributed by atoms with Crippen molar-refractivity contribution in [3.05, 3.63) is 22.8 Å². The quantitative estimate of drug-likeness (QED) is 0.825. The van der Waals surface area contributed by atoms with Gasteiger partial charge in [-0.3, -0.25) is 0 Å². The number of hydrogen-bond donors (Lipinski definition) is 2. The van der Waals surface area contributed by atoms with Gasteiger partial charge in [0, 0.05) is 11.8 Å². The van der Waals surface area contributed by atoms with Gasteiger partial charge in [-0.25, -0.2) is 4.98 Å². The molecule has 1 saturated carbocycles. The summed E-state index contributed by atoms with van der Waals surface area (Å²) in [7, 11) is 0. The number of hydrogen-bond acceptors (Lipinski definition) is 3. The lowest BCUT2D eigenvalue weighted by atomic mass is 9.58. The van der Waals surface area contributed by atoms with Gasteiger partial charge in [0.1, 0.15) is 5.82 Å². The van der Waals surface area contributed by atoms with Crippen molar-refractivity contribution in [2.24, 2.45) is 10.8 Å². The number of nitrogens with zero attached hydrogens (tertiary/aromatic N) is 1. The minimum atomic E-state index is -0.951. The lowest BCUT2D eigenvalue weighted by molar-refractivity contribution is -0.0909. The molecular weight excluding hydrogens is 260 g/mol. The van der Waals surface area contributed by atoms with Crippen LogP contribution < -0.4 is 5.73 Å². The van der Waals surface area contributed by atoms with Crippen LogP contribution in [0.4, 0.5) is 5.82 Å². The number of rotatable bonds is 1. The van der Waals surface area contributed by atoms with Crippen molar-refractivity contribution in [2.45, 2.75) is 52.6 Å². The van der Waals surface area contributed by atoms with Crippen LogP contribution in [0.5, 0.6) is 0 Å². The summed E-state index contributed by atoms with van der Waals surface area (Å²) in [5.41, 5.74) is 5.79. The van der Waals surface area contributed by atoms with E-state index in [1.165, 1.54) is 6.20 Å². The molecule has 0 unspecified atom stereocenters. The molecule has 1 aliphatic carbocycles. The molecule has 3 N–H and O–H groups in total. The Morgan fingerprint density at radius 1 is 1.16 bits per heavy atom. The molecule has 1 aromatic rings. The van der Waals surface area contributed by atoms with Crippen molar-refractivity contribution in [1.82, 2.24) is 4.98 Å². The number of halogens is 1. The molecule has 2 rings (SSSR count). The van der Waals surface area contributed by atoms with Crippen molar-refractivity contribution in [3.63, 3.8) is 0 Å². The van der Waals surface area contributed by atoms with Gasteiger partial charge >= 0.3 is 0 Å². The number of nitrogen functional groups attached to an aromatic ring is 1. The Bertz CT molecular complexity index is 481. The van der Waals surface area contributed by atoms with Crippen LogP contribution in [0.1, 0.15) is 52.5 Å². The second-order valence-electron chi connectivity index (χ2n) is 7.48. The van der Waals surface area contributed by atoms with E-state index in [-0.39, 0.29) is 10.8 Å². The summed E-state index contributed by atoms with van der Waals surface area (Å²) in [6, 6.07) is 1.75. The maximum atomic E-state index is 11.1. The van der Waals surface area contributed by atoms with E-state index in [1.54, 1.807) is 6.07 Å². The molecular formula is C15H23ClN2O. The highest BCUT2D eigenvalue weighted by molar-refractivity contribution is 6.30. The average Bonchev–Trinajstić information content (AvgIpc) is 2.16. The Morgan fingerprint density at radius 2 is 1.68 bits per heavy atom. The van der Waals surface area contributed by atoms with E-state index in [0.29, 0.717) is 29.2 Å². The van der Waals surface area contributed by atoms with E-state index >= 15 is 0 Å². The Hall–Kier alpha value is -0.800. The summed E-state index contributed by atoms with van der Waals surface area (Å²) in [4.78, 5) is 4.08. The monoisotopic (exact) mass is 282 g/mol. The third-order valence-corrected chi connectivity index (χ3v) is 4.09. The second-order valence-corrected chi connectivity index (χ2v) is 7.91. The zero-order valence-corrected chi connectivity index (χ0v) is 12.9. The van der Waals surface area contributed by atoms with Gasteiger partial charge in [-0.15, -0.1) is 0 Å². The van der Waals surface area contributed by atoms with Crippen LogP contribution in [0.25, 0.3) is 0 Å². The van der Waals surface area contributed by atoms with Crippen LogP contribution in [0.2, 0.25) is 5.02 Å². The zero-order valence-electron chi connectivity index (χ0n) is 12.1. The van der Waals surface area contributed by atoms with Crippen molar-refractivity contribution in [2.75, 3.05) is 5.73 Å². The third kappa shape index (κ3) is 3.03. The molecule has 0 aliphatic heterocycles. The van der Waals surface area contributed by atoms with E-state index in [9.17, 15) is 5.11 Å². The SMILES string of the molecule is CC1(C)CC(C)(C)CC(O)(c2cc(Cl)cnc2N)C1. The Kier molecular flexibility index (Phi) is 3.35. The number of anilines is 1. The summed E-state index contributed by atoms with van der Waals surface area (Å²) in [6.07, 6.45) is 3.95. The van der Waals surface area contributed by atoms with E-state index in [0.717, 1.165) is 6.42 Å². The van der Waals surface area contributed by atoms with E-state index in [1.807, 2.05) is 0 Å². The molecule has 4 heteroatoms. The highest BCUT2D eigenvalue weighted by Crippen LogP contribution is 2.54. The fourth-order valence-corrected chi connectivity index (χ4v) is 4.24. The Balaban J connectivity index is 2.49. The summed E-state index contributed by atoms with van der Waals surface area (Å²) < 4.78 is 0. The first-order chi connectivity index (χ1) is 8.53. The molecule has 1 aromatic heterocycles. The minimum Gasteiger partial charge on any atom is -0.385 e. The molecule has 0 amide bonds. The molecule has 3 nitrogen and oxygen atoms in total. The van der Waals surface area contributed by atoms with Crippen molar-refractivity contribution < 1.29 is 5.11 Å². The number of pyridine rings is 1. The molecule has 1 fully saturated rings. The van der Waals surface area contributed by atoms with Gasteiger partial charge in [-0.05, 0) is 36.2 Å². The molecule has 1 heterocycles. The predicted octanol–water partition coefficient (Wildman–Crippen LogP) is 3.74. The summed E-state index contributed by atoms with van der Waals surface area (Å²) in [6.45, 7) is 8.75. The fraction of sp³-hybridized carbons (Fsp3) is 0.667. The van der Waals surface area contributed by atoms with Crippen molar-refractivity contribution in [1.29, 1.82) is 0 Å². The first-order valence-corrected chi connectivity index (χ1v) is 7.05. The van der Waals surface area contributed by atoms with Gasteiger partial charge in [0.25, 0.3) is 0 Å². The lowest BCUT2D eigenvalue weighted by Crippen LogP contribution is -2.44. The van der Waals surface area contributed by atoms with Gasteiger partial charge in [-0.1, -0.05) is 39.3 Å². The normalized spacial score (nSPS) is 24.1. The van der Waals surface area contributed by atoms with E-state index < -0.39 is 5.60 Å². The first-order valence-electron chi connectivity index (χ1n) is 6.67. The standard InChI is InChI=1S/C15H23ClN2O/c1-13(2)7-14(3,4)9-15(19,8-13)11-5-10(16)6-18-12(11)17/h5-6,19H,7-9H2,1-4H3,(H2,17,18). The summed E-state index contributed by atoms with van der Waals surface area (Å²) in [5, 5.41) is 11.7. The van der Waals surface area contributed by atoms with Crippen LogP contribution in [0, 0.1) is 10.8 Å². The van der Waals surface area contributed by atoms with Gasteiger partial charge in [-0.2, -0.15) is 0 Å². The van der Waals surface area contributed by atoms with Crippen molar-refractivity contribution in [3.8, 4) is 0 Å². The molecule has 0 bridgehead atoms. The molecule has 19 heavy (non-hydrogen) atoms. The first kappa shape index (κ1) is 14.6. The molecule has 0 atom stereocenters. The van der Waals surface area contributed by atoms with Crippen LogP contribution in [-0.2, 0) is 5.60 Å². The average molecular weight is 283 g/mol. The third-order valence-electron chi connectivity index (χ3n) is 3.89. The predicted molar refractivity (Wildman–Crippen MR) is 79.0 cm³/mol.